The van der Waals surface area contributed by atoms with Crippen molar-refractivity contribution in [2.45, 2.75) is 83.8 Å². The predicted molar refractivity (Wildman–Crippen MR) is 96.6 cm³/mol. The van der Waals surface area contributed by atoms with Gasteiger partial charge in [0.05, 0.1) is 12.7 Å². The van der Waals surface area contributed by atoms with Gasteiger partial charge in [0.2, 0.25) is 0 Å². The maximum atomic E-state index is 10.1. The van der Waals surface area contributed by atoms with Gasteiger partial charge >= 0.3 is 0 Å². The first-order valence-electron chi connectivity index (χ1n) is 10.5. The third kappa shape index (κ3) is 2.49. The van der Waals surface area contributed by atoms with Crippen molar-refractivity contribution >= 4 is 0 Å². The molecule has 0 aromatic heterocycles. The zero-order chi connectivity index (χ0) is 16.9. The Labute approximate surface area is 147 Å². The molecule has 0 saturated heterocycles. The molecule has 0 spiro atoms. The number of fused-ring (bicyclic) bond motifs is 5. The largest absolute Gasteiger partial charge is 0.395 e. The van der Waals surface area contributed by atoms with Crippen LogP contribution in [0.1, 0.15) is 71.6 Å². The Hall–Kier alpha value is -0.120. The van der Waals surface area contributed by atoms with Crippen LogP contribution in [0.2, 0.25) is 0 Å². The summed E-state index contributed by atoms with van der Waals surface area (Å²) in [5.74, 6) is 3.42. The topological polar surface area (TPSA) is 52.5 Å². The summed E-state index contributed by atoms with van der Waals surface area (Å²) in [7, 11) is 0. The van der Waals surface area contributed by atoms with Crippen LogP contribution in [0.3, 0.4) is 0 Å². The molecule has 3 heteroatoms. The number of hydrogen-bond donors (Lipinski definition) is 3. The van der Waals surface area contributed by atoms with E-state index < -0.39 is 0 Å². The summed E-state index contributed by atoms with van der Waals surface area (Å²) in [6.07, 6.45) is 11.4. The quantitative estimate of drug-likeness (QED) is 0.741. The summed E-state index contributed by atoms with van der Waals surface area (Å²) < 4.78 is 0. The smallest absolute Gasteiger partial charge is 0.0556 e. The first kappa shape index (κ1) is 17.3. The minimum atomic E-state index is -0.0352. The van der Waals surface area contributed by atoms with Crippen LogP contribution in [-0.2, 0) is 0 Å². The molecule has 4 fully saturated rings. The van der Waals surface area contributed by atoms with Gasteiger partial charge in [-0.25, -0.2) is 0 Å². The molecule has 0 radical (unpaired) electrons. The highest BCUT2D eigenvalue weighted by Crippen LogP contribution is 2.66. The van der Waals surface area contributed by atoms with Gasteiger partial charge in [-0.3, -0.25) is 0 Å². The van der Waals surface area contributed by atoms with Crippen LogP contribution in [0.15, 0.2) is 0 Å². The van der Waals surface area contributed by atoms with Gasteiger partial charge in [0, 0.05) is 12.6 Å². The predicted octanol–water partition coefficient (Wildman–Crippen LogP) is 3.34. The third-order valence-corrected chi connectivity index (χ3v) is 9.14. The summed E-state index contributed by atoms with van der Waals surface area (Å²) in [6, 6.07) is 0.606. The monoisotopic (exact) mass is 335 g/mol. The van der Waals surface area contributed by atoms with Gasteiger partial charge in [0.15, 0.2) is 0 Å². The van der Waals surface area contributed by atoms with Crippen molar-refractivity contribution in [3.63, 3.8) is 0 Å². The number of rotatable bonds is 3. The van der Waals surface area contributed by atoms with Crippen LogP contribution < -0.4 is 5.32 Å². The van der Waals surface area contributed by atoms with Gasteiger partial charge in [-0.2, -0.15) is 0 Å². The van der Waals surface area contributed by atoms with E-state index in [0.717, 1.165) is 43.1 Å². The normalized spacial score (nSPS) is 54.0. The van der Waals surface area contributed by atoms with Gasteiger partial charge < -0.3 is 15.5 Å². The molecule has 4 rings (SSSR count). The Balaban J connectivity index is 1.54. The fourth-order valence-corrected chi connectivity index (χ4v) is 7.81. The molecule has 4 aliphatic rings. The average Bonchev–Trinajstić information content (AvgIpc) is 2.90. The minimum Gasteiger partial charge on any atom is -0.395 e. The molecule has 3 nitrogen and oxygen atoms in total. The fourth-order valence-electron chi connectivity index (χ4n) is 7.81. The SMILES string of the molecule is C[C@]12CC[C@@H](O)C[C@@H]1CC[C@H]1[C@H]2CC[C@@]2(C)[C@@H]1CC[C@H]2NCCO. The van der Waals surface area contributed by atoms with Crippen LogP contribution in [0, 0.1) is 34.5 Å². The van der Waals surface area contributed by atoms with Crippen LogP contribution in [0.25, 0.3) is 0 Å². The van der Waals surface area contributed by atoms with Gasteiger partial charge in [-0.1, -0.05) is 13.8 Å². The number of hydrogen-bond acceptors (Lipinski definition) is 3. The lowest BCUT2D eigenvalue weighted by Crippen LogP contribution is -2.55. The van der Waals surface area contributed by atoms with Crippen LogP contribution in [-0.4, -0.2) is 35.5 Å². The maximum Gasteiger partial charge on any atom is 0.0556 e. The molecule has 4 aliphatic carbocycles. The van der Waals surface area contributed by atoms with Crippen molar-refractivity contribution in [3.05, 3.63) is 0 Å². The minimum absolute atomic E-state index is 0.0352. The summed E-state index contributed by atoms with van der Waals surface area (Å²) >= 11 is 0. The first-order valence-corrected chi connectivity index (χ1v) is 10.5. The third-order valence-electron chi connectivity index (χ3n) is 9.14. The van der Waals surface area contributed by atoms with E-state index in [1.807, 2.05) is 0 Å². The second-order valence-electron chi connectivity index (χ2n) is 9.94. The van der Waals surface area contributed by atoms with Gasteiger partial charge in [0.1, 0.15) is 0 Å². The lowest BCUT2D eigenvalue weighted by Gasteiger charge is -2.61. The van der Waals surface area contributed by atoms with Gasteiger partial charge in [-0.15, -0.1) is 0 Å². The van der Waals surface area contributed by atoms with E-state index >= 15 is 0 Å². The molecule has 4 saturated carbocycles. The molecule has 0 aromatic carbocycles. The molecule has 0 amide bonds. The number of nitrogens with one attached hydrogen (secondary N) is 1. The molecule has 0 bridgehead atoms. The molecule has 8 atom stereocenters. The molecule has 0 heterocycles. The van der Waals surface area contributed by atoms with Crippen molar-refractivity contribution in [1.29, 1.82) is 0 Å². The standard InChI is InChI=1S/C21H37NO2/c1-20-9-7-15(24)13-14(20)3-4-16-17-5-6-19(22-11-12-23)21(17,2)10-8-18(16)20/h14-19,22-24H,3-13H2,1-2H3/t14-,15+,16+,17+,18+,19+,20-,21-/m0/s1. The summed E-state index contributed by atoms with van der Waals surface area (Å²) in [5, 5.41) is 23.0. The van der Waals surface area contributed by atoms with E-state index in [-0.39, 0.29) is 12.7 Å². The zero-order valence-corrected chi connectivity index (χ0v) is 15.6. The molecule has 3 N–H and O–H groups in total. The summed E-state index contributed by atoms with van der Waals surface area (Å²) in [4.78, 5) is 0. The van der Waals surface area contributed by atoms with Crippen LogP contribution in [0.4, 0.5) is 0 Å². The van der Waals surface area contributed by atoms with Crippen molar-refractivity contribution in [3.8, 4) is 0 Å². The fraction of sp³-hybridized carbons (Fsp3) is 1.00. The molecular formula is C21H37NO2. The lowest BCUT2D eigenvalue weighted by atomic mass is 9.45. The molecule has 0 aliphatic heterocycles. The Bertz CT molecular complexity index is 469. The van der Waals surface area contributed by atoms with E-state index in [9.17, 15) is 10.2 Å². The highest BCUT2D eigenvalue weighted by Gasteiger charge is 2.59. The maximum absolute atomic E-state index is 10.1. The Morgan fingerprint density at radius 3 is 2.46 bits per heavy atom. The highest BCUT2D eigenvalue weighted by molar-refractivity contribution is 5.10. The van der Waals surface area contributed by atoms with Crippen molar-refractivity contribution in [1.82, 2.24) is 5.32 Å². The summed E-state index contributed by atoms with van der Waals surface area (Å²) in [5.41, 5.74) is 0.924. The van der Waals surface area contributed by atoms with E-state index in [1.54, 1.807) is 0 Å². The van der Waals surface area contributed by atoms with E-state index in [2.05, 4.69) is 19.2 Å². The second kappa shape index (κ2) is 6.25. The van der Waals surface area contributed by atoms with Crippen molar-refractivity contribution in [2.75, 3.05) is 13.2 Å². The van der Waals surface area contributed by atoms with E-state index in [4.69, 9.17) is 0 Å². The molecule has 0 aromatic rings. The average molecular weight is 336 g/mol. The Kier molecular flexibility index (Phi) is 4.50. The Morgan fingerprint density at radius 2 is 1.67 bits per heavy atom. The molecular weight excluding hydrogens is 298 g/mol. The summed E-state index contributed by atoms with van der Waals surface area (Å²) in [6.45, 7) is 6.11. The van der Waals surface area contributed by atoms with E-state index in [0.29, 0.717) is 16.9 Å². The number of aliphatic hydroxyl groups excluding tert-OH is 2. The lowest BCUT2D eigenvalue weighted by molar-refractivity contribution is -0.123. The van der Waals surface area contributed by atoms with E-state index in [1.165, 1.54) is 44.9 Å². The van der Waals surface area contributed by atoms with Crippen molar-refractivity contribution < 1.29 is 10.2 Å². The molecule has 24 heavy (non-hydrogen) atoms. The molecule has 138 valence electrons. The van der Waals surface area contributed by atoms with Crippen LogP contribution in [0.5, 0.6) is 0 Å². The zero-order valence-electron chi connectivity index (χ0n) is 15.6. The first-order chi connectivity index (χ1) is 11.5. The number of aliphatic hydroxyl groups is 2. The van der Waals surface area contributed by atoms with Gasteiger partial charge in [0.25, 0.3) is 0 Å². The van der Waals surface area contributed by atoms with Crippen molar-refractivity contribution in [2.24, 2.45) is 34.5 Å². The molecule has 0 unspecified atom stereocenters. The van der Waals surface area contributed by atoms with Crippen LogP contribution >= 0.6 is 0 Å². The second-order valence-corrected chi connectivity index (χ2v) is 9.94. The van der Waals surface area contributed by atoms with Gasteiger partial charge in [-0.05, 0) is 92.3 Å². The highest BCUT2D eigenvalue weighted by atomic mass is 16.3. The Morgan fingerprint density at radius 1 is 0.917 bits per heavy atom.